The van der Waals surface area contributed by atoms with Gasteiger partial charge in [-0.3, -0.25) is 4.79 Å². The first-order chi connectivity index (χ1) is 8.25. The monoisotopic (exact) mass is 241 g/mol. The predicted octanol–water partition coefficient (Wildman–Crippen LogP) is 1.79. The van der Waals surface area contributed by atoms with Gasteiger partial charge < -0.3 is 15.2 Å². The molecule has 0 bridgehead atoms. The highest BCUT2D eigenvalue weighted by molar-refractivity contribution is 5.70. The maximum absolute atomic E-state index is 10.9. The highest BCUT2D eigenvalue weighted by Gasteiger charge is 2.26. The molecule has 4 heteroatoms. The Labute approximate surface area is 103 Å². The number of carboxylic acid groups (broad SMARTS) is 1. The van der Waals surface area contributed by atoms with E-state index in [0.29, 0.717) is 12.1 Å². The Kier molecular flexibility index (Phi) is 4.80. The van der Waals surface area contributed by atoms with E-state index in [1.807, 2.05) is 0 Å². The molecule has 1 aliphatic carbocycles. The molecule has 4 nitrogen and oxygen atoms in total. The lowest BCUT2D eigenvalue weighted by Gasteiger charge is -2.27. The van der Waals surface area contributed by atoms with Gasteiger partial charge in [-0.2, -0.15) is 0 Å². The molecule has 0 aromatic rings. The summed E-state index contributed by atoms with van der Waals surface area (Å²) in [5, 5.41) is 12.5. The first kappa shape index (κ1) is 12.8. The quantitative estimate of drug-likeness (QED) is 0.770. The Balaban J connectivity index is 1.62. The molecule has 17 heavy (non-hydrogen) atoms. The smallest absolute Gasteiger partial charge is 0.306 e. The lowest BCUT2D eigenvalue weighted by atomic mass is 9.86. The van der Waals surface area contributed by atoms with Crippen molar-refractivity contribution in [3.63, 3.8) is 0 Å². The molecule has 98 valence electrons. The summed E-state index contributed by atoms with van der Waals surface area (Å²) in [6, 6.07) is 0.395. The van der Waals surface area contributed by atoms with Gasteiger partial charge in [0, 0.05) is 12.6 Å². The van der Waals surface area contributed by atoms with Gasteiger partial charge in [-0.25, -0.2) is 0 Å². The first-order valence-corrected chi connectivity index (χ1v) is 6.83. The van der Waals surface area contributed by atoms with E-state index >= 15 is 0 Å². The van der Waals surface area contributed by atoms with E-state index in [9.17, 15) is 4.79 Å². The van der Waals surface area contributed by atoms with Gasteiger partial charge in [0.05, 0.1) is 12.0 Å². The second-order valence-corrected chi connectivity index (χ2v) is 5.28. The van der Waals surface area contributed by atoms with Crippen LogP contribution in [0.25, 0.3) is 0 Å². The fraction of sp³-hybridized carbons (Fsp3) is 0.923. The van der Waals surface area contributed by atoms with Crippen LogP contribution in [-0.2, 0) is 9.53 Å². The summed E-state index contributed by atoms with van der Waals surface area (Å²) in [5.74, 6) is -0.764. The van der Waals surface area contributed by atoms with E-state index in [1.54, 1.807) is 0 Å². The van der Waals surface area contributed by atoms with Gasteiger partial charge in [0.2, 0.25) is 0 Å². The molecule has 3 atom stereocenters. The topological polar surface area (TPSA) is 58.6 Å². The van der Waals surface area contributed by atoms with E-state index in [1.165, 1.54) is 12.8 Å². The minimum absolute atomic E-state index is 0.135. The molecule has 1 saturated heterocycles. The van der Waals surface area contributed by atoms with Gasteiger partial charge in [-0.05, 0) is 45.1 Å². The summed E-state index contributed by atoms with van der Waals surface area (Å²) in [7, 11) is 0. The predicted molar refractivity (Wildman–Crippen MR) is 65.0 cm³/mol. The Hall–Kier alpha value is -0.610. The number of carbonyl (C=O) groups is 1. The van der Waals surface area contributed by atoms with Crippen LogP contribution in [0.4, 0.5) is 0 Å². The Morgan fingerprint density at radius 1 is 1.29 bits per heavy atom. The number of rotatable bonds is 5. The van der Waals surface area contributed by atoms with Crippen LogP contribution in [0.1, 0.15) is 44.9 Å². The molecule has 2 N–H and O–H groups in total. The van der Waals surface area contributed by atoms with Gasteiger partial charge in [-0.15, -0.1) is 0 Å². The van der Waals surface area contributed by atoms with E-state index in [0.717, 1.165) is 45.3 Å². The molecule has 0 radical (unpaired) electrons. The molecule has 0 amide bonds. The van der Waals surface area contributed by atoms with Crippen molar-refractivity contribution in [2.75, 3.05) is 13.2 Å². The highest BCUT2D eigenvalue weighted by Crippen LogP contribution is 2.24. The summed E-state index contributed by atoms with van der Waals surface area (Å²) in [6.45, 7) is 1.87. The molecule has 1 saturated carbocycles. The molecule has 1 heterocycles. The van der Waals surface area contributed by atoms with Crippen molar-refractivity contribution >= 4 is 5.97 Å². The van der Waals surface area contributed by atoms with Crippen molar-refractivity contribution in [1.29, 1.82) is 0 Å². The van der Waals surface area contributed by atoms with Crippen LogP contribution in [0, 0.1) is 5.92 Å². The van der Waals surface area contributed by atoms with Crippen molar-refractivity contribution in [3.8, 4) is 0 Å². The highest BCUT2D eigenvalue weighted by atomic mass is 16.5. The molecule has 0 aromatic heterocycles. The van der Waals surface area contributed by atoms with Gasteiger partial charge >= 0.3 is 5.97 Å². The van der Waals surface area contributed by atoms with Gasteiger partial charge in [0.15, 0.2) is 0 Å². The summed E-state index contributed by atoms with van der Waals surface area (Å²) in [6.07, 6.45) is 7.67. The summed E-state index contributed by atoms with van der Waals surface area (Å²) >= 11 is 0. The molecule has 2 fully saturated rings. The third kappa shape index (κ3) is 3.96. The zero-order valence-corrected chi connectivity index (χ0v) is 10.4. The number of aliphatic carboxylic acids is 1. The van der Waals surface area contributed by atoms with Crippen LogP contribution in [0.3, 0.4) is 0 Å². The lowest BCUT2D eigenvalue weighted by Crippen LogP contribution is -2.37. The second kappa shape index (κ2) is 6.36. The fourth-order valence-electron chi connectivity index (χ4n) is 2.92. The number of hydrogen-bond acceptors (Lipinski definition) is 3. The van der Waals surface area contributed by atoms with Crippen LogP contribution in [-0.4, -0.2) is 36.4 Å². The lowest BCUT2D eigenvalue weighted by molar-refractivity contribution is -0.143. The van der Waals surface area contributed by atoms with Crippen molar-refractivity contribution in [2.24, 2.45) is 5.92 Å². The largest absolute Gasteiger partial charge is 0.481 e. The van der Waals surface area contributed by atoms with Crippen LogP contribution in [0.2, 0.25) is 0 Å². The molecule has 0 aromatic carbocycles. The minimum atomic E-state index is -0.629. The summed E-state index contributed by atoms with van der Waals surface area (Å²) in [4.78, 5) is 10.9. The molecular formula is C13H23NO3. The Morgan fingerprint density at radius 3 is 2.88 bits per heavy atom. The van der Waals surface area contributed by atoms with Crippen LogP contribution in [0.15, 0.2) is 0 Å². The second-order valence-electron chi connectivity index (χ2n) is 5.28. The SMILES string of the molecule is O=C(O)C1CCCC(NCCC2CCCO2)C1. The van der Waals surface area contributed by atoms with Gasteiger partial charge in [0.1, 0.15) is 0 Å². The Morgan fingerprint density at radius 2 is 2.18 bits per heavy atom. The normalized spacial score (nSPS) is 33.8. The number of nitrogens with one attached hydrogen (secondary N) is 1. The molecule has 2 rings (SSSR count). The van der Waals surface area contributed by atoms with E-state index in [-0.39, 0.29) is 5.92 Å². The average molecular weight is 241 g/mol. The summed E-state index contributed by atoms with van der Waals surface area (Å²) in [5.41, 5.74) is 0. The van der Waals surface area contributed by atoms with Crippen molar-refractivity contribution in [1.82, 2.24) is 5.32 Å². The molecule has 2 aliphatic rings. The Bertz CT molecular complexity index is 251. The third-order valence-corrected chi connectivity index (χ3v) is 3.95. The molecule has 0 spiro atoms. The van der Waals surface area contributed by atoms with Crippen LogP contribution in [0.5, 0.6) is 0 Å². The zero-order valence-electron chi connectivity index (χ0n) is 10.4. The summed E-state index contributed by atoms with van der Waals surface area (Å²) < 4.78 is 5.57. The van der Waals surface area contributed by atoms with Gasteiger partial charge in [-0.1, -0.05) is 6.42 Å². The molecule has 3 unspecified atom stereocenters. The fourth-order valence-corrected chi connectivity index (χ4v) is 2.92. The number of hydrogen-bond donors (Lipinski definition) is 2. The van der Waals surface area contributed by atoms with E-state index in [4.69, 9.17) is 9.84 Å². The minimum Gasteiger partial charge on any atom is -0.481 e. The zero-order chi connectivity index (χ0) is 12.1. The van der Waals surface area contributed by atoms with Crippen LogP contribution >= 0.6 is 0 Å². The maximum atomic E-state index is 10.9. The molecular weight excluding hydrogens is 218 g/mol. The first-order valence-electron chi connectivity index (χ1n) is 6.83. The average Bonchev–Trinajstić information content (AvgIpc) is 2.82. The molecule has 1 aliphatic heterocycles. The van der Waals surface area contributed by atoms with Crippen molar-refractivity contribution in [3.05, 3.63) is 0 Å². The van der Waals surface area contributed by atoms with Crippen molar-refractivity contribution in [2.45, 2.75) is 57.1 Å². The number of ether oxygens (including phenoxy) is 1. The maximum Gasteiger partial charge on any atom is 0.306 e. The van der Waals surface area contributed by atoms with Gasteiger partial charge in [0.25, 0.3) is 0 Å². The van der Waals surface area contributed by atoms with E-state index < -0.39 is 5.97 Å². The standard InChI is InChI=1S/C13H23NO3/c15-13(16)10-3-1-4-11(9-10)14-7-6-12-5-2-8-17-12/h10-12,14H,1-9H2,(H,15,16). The van der Waals surface area contributed by atoms with Crippen LogP contribution < -0.4 is 5.32 Å². The van der Waals surface area contributed by atoms with Crippen molar-refractivity contribution < 1.29 is 14.6 Å². The van der Waals surface area contributed by atoms with E-state index in [2.05, 4.69) is 5.32 Å². The third-order valence-electron chi connectivity index (χ3n) is 3.95. The number of carboxylic acids is 1.